The molecule has 1 rings (SSSR count). The largest absolute Gasteiger partial charge is 1.00 e. The van der Waals surface area contributed by atoms with E-state index in [0.29, 0.717) is 17.6 Å². The Morgan fingerprint density at radius 2 is 1.86 bits per heavy atom. The van der Waals surface area contributed by atoms with Gasteiger partial charge in [-0.2, -0.15) is 0 Å². The second-order valence-electron chi connectivity index (χ2n) is 3.92. The summed E-state index contributed by atoms with van der Waals surface area (Å²) in [7, 11) is 1.82. The number of rotatable bonds is 3. The molecule has 1 heterocycles. The monoisotopic (exact) mass is 271 g/mol. The van der Waals surface area contributed by atoms with Gasteiger partial charge in [-0.25, -0.2) is 0 Å². The van der Waals surface area contributed by atoms with Crippen LogP contribution in [0.5, 0.6) is 0 Å². The number of aliphatic hydroxyl groups is 4. The van der Waals surface area contributed by atoms with Crippen LogP contribution >= 0.6 is 0 Å². The fourth-order valence-electron chi connectivity index (χ4n) is 2.09. The highest BCUT2D eigenvalue weighted by Crippen LogP contribution is 2.24. The highest BCUT2D eigenvalue weighted by atomic mass is 79.9. The van der Waals surface area contributed by atoms with Gasteiger partial charge >= 0.3 is 0 Å². The van der Waals surface area contributed by atoms with E-state index in [9.17, 15) is 10.2 Å². The fourth-order valence-corrected chi connectivity index (χ4v) is 2.09. The van der Waals surface area contributed by atoms with E-state index in [1.54, 1.807) is 0 Å². The Hall–Kier alpha value is 0.280. The number of aliphatic hydroxyl groups excluding tert-OH is 4. The summed E-state index contributed by atoms with van der Waals surface area (Å²) in [4.78, 5) is 0. The lowest BCUT2D eigenvalue weighted by Crippen LogP contribution is -3.00. The molecular weight excluding hydrogens is 254 g/mol. The molecule has 0 bridgehead atoms. The molecule has 1 saturated heterocycles. The van der Waals surface area contributed by atoms with E-state index in [1.807, 2.05) is 7.05 Å². The van der Waals surface area contributed by atoms with Crippen LogP contribution < -0.4 is 17.0 Å². The molecule has 5 nitrogen and oxygen atoms in total. The van der Waals surface area contributed by atoms with Crippen molar-refractivity contribution in [1.29, 1.82) is 0 Å². The first-order chi connectivity index (χ1) is 6.05. The van der Waals surface area contributed by atoms with E-state index < -0.39 is 12.2 Å². The summed E-state index contributed by atoms with van der Waals surface area (Å²) in [5.74, 6) is 0. The Morgan fingerprint density at radius 3 is 2.29 bits per heavy atom. The second kappa shape index (κ2) is 5.39. The van der Waals surface area contributed by atoms with E-state index in [-0.39, 0.29) is 36.2 Å². The molecule has 0 radical (unpaired) electrons. The van der Waals surface area contributed by atoms with Gasteiger partial charge in [-0.05, 0) is 0 Å². The zero-order valence-corrected chi connectivity index (χ0v) is 9.76. The maximum atomic E-state index is 9.51. The summed E-state index contributed by atoms with van der Waals surface area (Å²) in [6.07, 6.45) is -1.68. The molecule has 0 amide bonds. The molecule has 86 valence electrons. The van der Waals surface area contributed by atoms with Gasteiger partial charge in [-0.1, -0.05) is 0 Å². The number of nitrogens with zero attached hydrogens (tertiary/aromatic N) is 1. The van der Waals surface area contributed by atoms with Crippen LogP contribution in [-0.4, -0.2) is 76.5 Å². The lowest BCUT2D eigenvalue weighted by atomic mass is 10.1. The average molecular weight is 272 g/mol. The van der Waals surface area contributed by atoms with Gasteiger partial charge < -0.3 is 41.9 Å². The maximum absolute atomic E-state index is 9.51. The van der Waals surface area contributed by atoms with Crippen LogP contribution in [0.4, 0.5) is 0 Å². The molecule has 0 aromatic carbocycles. The highest BCUT2D eigenvalue weighted by molar-refractivity contribution is 4.83. The molecule has 0 aromatic heterocycles. The van der Waals surface area contributed by atoms with Crippen molar-refractivity contribution in [2.75, 3.05) is 33.4 Å². The van der Waals surface area contributed by atoms with Crippen LogP contribution in [0, 0.1) is 0 Å². The number of hydrogen-bond donors (Lipinski definition) is 4. The summed E-state index contributed by atoms with van der Waals surface area (Å²) in [6, 6.07) is -0.387. The van der Waals surface area contributed by atoms with Gasteiger partial charge in [-0.15, -0.1) is 0 Å². The molecule has 0 aromatic rings. The summed E-state index contributed by atoms with van der Waals surface area (Å²) < 4.78 is 0.329. The predicted octanol–water partition coefficient (Wildman–Crippen LogP) is -5.47. The van der Waals surface area contributed by atoms with Gasteiger partial charge in [0.15, 0.2) is 0 Å². The Labute approximate surface area is 93.9 Å². The first-order valence-corrected chi connectivity index (χ1v) is 4.47. The molecule has 0 spiro atoms. The van der Waals surface area contributed by atoms with Crippen LogP contribution in [0.2, 0.25) is 0 Å². The first-order valence-electron chi connectivity index (χ1n) is 4.47. The van der Waals surface area contributed by atoms with Crippen LogP contribution in [0.3, 0.4) is 0 Å². The predicted molar refractivity (Wildman–Crippen MR) is 45.9 cm³/mol. The average Bonchev–Trinajstić information content (AvgIpc) is 2.24. The first kappa shape index (κ1) is 14.3. The van der Waals surface area contributed by atoms with Crippen LogP contribution in [-0.2, 0) is 0 Å². The van der Waals surface area contributed by atoms with Crippen molar-refractivity contribution in [2.45, 2.75) is 18.2 Å². The standard InChI is InChI=1S/C8H18NO4.BrH/c1-9(2-3-10)4-7(12)8(13)6(9)5-11;/h6-8,10-13H,2-5H2,1H3;1H/q+1;/p-1/t6-,7-,8-,9?;/m0./s1. The molecule has 1 aliphatic heterocycles. The van der Waals surface area contributed by atoms with E-state index in [4.69, 9.17) is 10.2 Å². The van der Waals surface area contributed by atoms with Crippen LogP contribution in [0.25, 0.3) is 0 Å². The Balaban J connectivity index is 0.00000169. The highest BCUT2D eigenvalue weighted by Gasteiger charge is 2.49. The minimum Gasteiger partial charge on any atom is -1.00 e. The van der Waals surface area contributed by atoms with Gasteiger partial charge in [-0.3, -0.25) is 0 Å². The molecule has 1 unspecified atom stereocenters. The van der Waals surface area contributed by atoms with Gasteiger partial charge in [0.2, 0.25) is 0 Å². The van der Waals surface area contributed by atoms with Crippen molar-refractivity contribution in [3.8, 4) is 0 Å². The molecular formula is C8H18BrNO4. The zero-order valence-electron chi connectivity index (χ0n) is 8.17. The van der Waals surface area contributed by atoms with Gasteiger partial charge in [0.05, 0.1) is 20.3 Å². The molecule has 4 N–H and O–H groups in total. The molecule has 1 aliphatic rings. The Kier molecular flexibility index (Phi) is 5.50. The van der Waals surface area contributed by atoms with E-state index in [1.165, 1.54) is 0 Å². The molecule has 4 atom stereocenters. The number of quaternary nitrogens is 1. The van der Waals surface area contributed by atoms with Crippen LogP contribution in [0.1, 0.15) is 0 Å². The summed E-state index contributed by atoms with van der Waals surface area (Å²) >= 11 is 0. The molecule has 6 heteroatoms. The number of likely N-dealkylation sites (N-methyl/N-ethyl adjacent to an activating group) is 1. The molecule has 0 aliphatic carbocycles. The Morgan fingerprint density at radius 1 is 1.29 bits per heavy atom. The van der Waals surface area contributed by atoms with E-state index >= 15 is 0 Å². The van der Waals surface area contributed by atoms with Gasteiger partial charge in [0, 0.05) is 0 Å². The lowest BCUT2D eigenvalue weighted by molar-refractivity contribution is -0.924. The minimum absolute atomic E-state index is 0. The summed E-state index contributed by atoms with van der Waals surface area (Å²) in [5.41, 5.74) is 0. The van der Waals surface area contributed by atoms with Gasteiger partial charge in [0.25, 0.3) is 0 Å². The SMILES string of the molecule is C[N+]1(CCO)C[C@H](O)[C@@H](O)[C@@H]1CO.[Br-]. The zero-order chi connectivity index (χ0) is 10.1. The van der Waals surface area contributed by atoms with Crippen molar-refractivity contribution in [1.82, 2.24) is 0 Å². The lowest BCUT2D eigenvalue weighted by Gasteiger charge is -2.34. The van der Waals surface area contributed by atoms with Crippen molar-refractivity contribution in [3.05, 3.63) is 0 Å². The second-order valence-corrected chi connectivity index (χ2v) is 3.92. The van der Waals surface area contributed by atoms with Crippen LogP contribution in [0.15, 0.2) is 0 Å². The summed E-state index contributed by atoms with van der Waals surface area (Å²) in [6.45, 7) is 0.646. The number of halogens is 1. The van der Waals surface area contributed by atoms with Crippen molar-refractivity contribution >= 4 is 0 Å². The van der Waals surface area contributed by atoms with Crippen molar-refractivity contribution in [2.24, 2.45) is 0 Å². The Bertz CT molecular complexity index is 183. The van der Waals surface area contributed by atoms with E-state index in [0.717, 1.165) is 0 Å². The van der Waals surface area contributed by atoms with E-state index in [2.05, 4.69) is 0 Å². The third kappa shape index (κ3) is 2.44. The smallest absolute Gasteiger partial charge is 0.141 e. The quantitative estimate of drug-likeness (QED) is 0.386. The normalized spacial score (nSPS) is 42.2. The topological polar surface area (TPSA) is 80.9 Å². The minimum atomic E-state index is -0.887. The molecule has 0 saturated carbocycles. The number of hydrogen-bond acceptors (Lipinski definition) is 4. The number of likely N-dealkylation sites (tertiary alicyclic amines) is 1. The fraction of sp³-hybridized carbons (Fsp3) is 1.00. The van der Waals surface area contributed by atoms with Crippen molar-refractivity contribution < 1.29 is 41.9 Å². The third-order valence-electron chi connectivity index (χ3n) is 2.99. The molecule has 1 fully saturated rings. The molecule has 14 heavy (non-hydrogen) atoms. The summed E-state index contributed by atoms with van der Waals surface area (Å²) in [5, 5.41) is 36.8. The van der Waals surface area contributed by atoms with Gasteiger partial charge in [0.1, 0.15) is 31.3 Å². The van der Waals surface area contributed by atoms with Crippen molar-refractivity contribution in [3.63, 3.8) is 0 Å². The third-order valence-corrected chi connectivity index (χ3v) is 2.99. The maximum Gasteiger partial charge on any atom is 0.141 e.